The highest BCUT2D eigenvalue weighted by atomic mass is 16.5. The first-order chi connectivity index (χ1) is 14.0. The van der Waals surface area contributed by atoms with Crippen LogP contribution >= 0.6 is 0 Å². The Labute approximate surface area is 163 Å². The number of hydrogen-bond acceptors (Lipinski definition) is 5. The van der Waals surface area contributed by atoms with Gasteiger partial charge in [-0.15, -0.1) is 0 Å². The third-order valence-corrected chi connectivity index (χ3v) is 4.73. The predicted molar refractivity (Wildman–Crippen MR) is 103 cm³/mol. The molecule has 9 heteroatoms. The van der Waals surface area contributed by atoms with Gasteiger partial charge in [-0.3, -0.25) is 20.1 Å². The molecule has 2 aromatic carbocycles. The zero-order chi connectivity index (χ0) is 20.5. The van der Waals surface area contributed by atoms with Crippen molar-refractivity contribution >= 4 is 17.7 Å². The van der Waals surface area contributed by atoms with Crippen LogP contribution in [0, 0.1) is 0 Å². The van der Waals surface area contributed by atoms with E-state index in [1.54, 1.807) is 0 Å². The molecule has 9 nitrogen and oxygen atoms in total. The van der Waals surface area contributed by atoms with Crippen LogP contribution in [0.15, 0.2) is 58.1 Å². The molecule has 0 spiro atoms. The Morgan fingerprint density at radius 1 is 0.966 bits per heavy atom. The van der Waals surface area contributed by atoms with Crippen molar-refractivity contribution in [1.29, 1.82) is 0 Å². The minimum Gasteiger partial charge on any atom is -0.477 e. The highest BCUT2D eigenvalue weighted by molar-refractivity contribution is 5.96. The lowest BCUT2D eigenvalue weighted by molar-refractivity contribution is 0.0691. The molecule has 3 aromatic rings. The van der Waals surface area contributed by atoms with Crippen LogP contribution in [0.3, 0.4) is 0 Å². The molecule has 0 atom stereocenters. The first-order valence-corrected chi connectivity index (χ1v) is 8.67. The highest BCUT2D eigenvalue weighted by Gasteiger charge is 2.29. The van der Waals surface area contributed by atoms with Gasteiger partial charge < -0.3 is 9.84 Å². The molecular formula is C20H15N3O6. The maximum absolute atomic E-state index is 12.2. The minimum absolute atomic E-state index is 0.0104. The molecule has 0 saturated carbocycles. The van der Waals surface area contributed by atoms with Gasteiger partial charge in [0.25, 0.3) is 5.56 Å². The number of rotatable bonds is 4. The van der Waals surface area contributed by atoms with Crippen molar-refractivity contribution in [2.24, 2.45) is 0 Å². The summed E-state index contributed by atoms with van der Waals surface area (Å²) >= 11 is 0. The number of ether oxygens (including phenoxy) is 1. The van der Waals surface area contributed by atoms with Gasteiger partial charge in [0.15, 0.2) is 5.69 Å². The van der Waals surface area contributed by atoms with Gasteiger partial charge >= 0.3 is 17.8 Å². The second-order valence-corrected chi connectivity index (χ2v) is 6.41. The van der Waals surface area contributed by atoms with Crippen molar-refractivity contribution in [2.45, 2.75) is 5.92 Å². The van der Waals surface area contributed by atoms with Crippen molar-refractivity contribution in [3.63, 3.8) is 0 Å². The molecule has 4 rings (SSSR count). The number of aromatic amines is 2. The number of fused-ring (bicyclic) bond motifs is 3. The quantitative estimate of drug-likeness (QED) is 0.535. The van der Waals surface area contributed by atoms with Gasteiger partial charge in [-0.2, -0.15) is 0 Å². The Hall–Kier alpha value is -4.14. The van der Waals surface area contributed by atoms with Gasteiger partial charge in [0.05, 0.1) is 0 Å². The summed E-state index contributed by atoms with van der Waals surface area (Å²) < 4.78 is 5.28. The Morgan fingerprint density at radius 2 is 1.55 bits per heavy atom. The number of benzene rings is 2. The van der Waals surface area contributed by atoms with Crippen molar-refractivity contribution < 1.29 is 19.4 Å². The number of hydrogen-bond donors (Lipinski definition) is 4. The average Bonchev–Trinajstić information content (AvgIpc) is 3.02. The fourth-order valence-electron chi connectivity index (χ4n) is 3.50. The normalized spacial score (nSPS) is 12.1. The largest absolute Gasteiger partial charge is 0.477 e. The Morgan fingerprint density at radius 3 is 2.14 bits per heavy atom. The Balaban J connectivity index is 1.55. The molecule has 0 fully saturated rings. The second kappa shape index (κ2) is 7.12. The molecule has 1 heterocycles. The summed E-state index contributed by atoms with van der Waals surface area (Å²) in [5.74, 6) is -1.76. The lowest BCUT2D eigenvalue weighted by Gasteiger charge is -2.14. The number of aromatic carboxylic acids is 1. The fraction of sp³-hybridized carbons (Fsp3) is 0.100. The molecular weight excluding hydrogens is 378 g/mol. The van der Waals surface area contributed by atoms with Crippen molar-refractivity contribution in [3.8, 4) is 11.1 Å². The van der Waals surface area contributed by atoms with E-state index in [2.05, 4.69) is 5.32 Å². The third kappa shape index (κ3) is 3.29. The van der Waals surface area contributed by atoms with E-state index in [1.807, 2.05) is 58.5 Å². The number of carboxylic acids is 1. The summed E-state index contributed by atoms with van der Waals surface area (Å²) in [5.41, 5.74) is 0.764. The Bertz CT molecular complexity index is 1200. The predicted octanol–water partition coefficient (Wildman–Crippen LogP) is 2.12. The summed E-state index contributed by atoms with van der Waals surface area (Å²) in [5, 5.41) is 11.2. The molecule has 1 amide bonds. The smallest absolute Gasteiger partial charge is 0.411 e. The van der Waals surface area contributed by atoms with Gasteiger partial charge in [-0.05, 0) is 22.3 Å². The van der Waals surface area contributed by atoms with Gasteiger partial charge in [-0.25, -0.2) is 14.4 Å². The van der Waals surface area contributed by atoms with Crippen LogP contribution in [0.25, 0.3) is 11.1 Å². The molecule has 146 valence electrons. The maximum Gasteiger partial charge on any atom is 0.411 e. The van der Waals surface area contributed by atoms with Gasteiger partial charge in [-0.1, -0.05) is 48.5 Å². The SMILES string of the molecule is O=C(Nc1c(C(=O)O)[nH]c(=O)[nH]c1=O)OCC1c2ccccc2-c2ccccc21. The van der Waals surface area contributed by atoms with E-state index in [9.17, 15) is 19.2 Å². The molecule has 0 bridgehead atoms. The van der Waals surface area contributed by atoms with Crippen molar-refractivity contribution in [2.75, 3.05) is 11.9 Å². The number of anilines is 1. The van der Waals surface area contributed by atoms with Gasteiger partial charge in [0.1, 0.15) is 12.3 Å². The van der Waals surface area contributed by atoms with E-state index in [-0.39, 0.29) is 12.5 Å². The number of amides is 1. The average molecular weight is 393 g/mol. The van der Waals surface area contributed by atoms with Crippen LogP contribution < -0.4 is 16.6 Å². The first kappa shape index (κ1) is 18.2. The maximum atomic E-state index is 12.2. The van der Waals surface area contributed by atoms with Crippen LogP contribution in [-0.4, -0.2) is 33.7 Å². The molecule has 4 N–H and O–H groups in total. The van der Waals surface area contributed by atoms with Crippen LogP contribution in [0.5, 0.6) is 0 Å². The number of H-pyrrole nitrogens is 2. The highest BCUT2D eigenvalue weighted by Crippen LogP contribution is 2.44. The van der Waals surface area contributed by atoms with E-state index in [0.717, 1.165) is 22.3 Å². The topological polar surface area (TPSA) is 141 Å². The Kier molecular flexibility index (Phi) is 4.47. The van der Waals surface area contributed by atoms with E-state index in [0.29, 0.717) is 0 Å². The van der Waals surface area contributed by atoms with E-state index >= 15 is 0 Å². The zero-order valence-electron chi connectivity index (χ0n) is 14.9. The molecule has 0 aliphatic heterocycles. The van der Waals surface area contributed by atoms with Crippen LogP contribution in [0.4, 0.5) is 10.5 Å². The number of carboxylic acid groups (broad SMARTS) is 1. The zero-order valence-corrected chi connectivity index (χ0v) is 14.9. The summed E-state index contributed by atoms with van der Waals surface area (Å²) in [4.78, 5) is 50.4. The fourth-order valence-corrected chi connectivity index (χ4v) is 3.50. The summed E-state index contributed by atoms with van der Waals surface area (Å²) in [6.07, 6.45) is -1.01. The number of carbonyl (C=O) groups is 2. The minimum atomic E-state index is -1.57. The van der Waals surface area contributed by atoms with E-state index in [4.69, 9.17) is 9.84 Å². The molecule has 29 heavy (non-hydrogen) atoms. The molecule has 1 aromatic heterocycles. The molecule has 0 saturated heterocycles. The number of nitrogens with one attached hydrogen (secondary N) is 3. The number of carbonyl (C=O) groups excluding carboxylic acids is 1. The van der Waals surface area contributed by atoms with Crippen LogP contribution in [0.2, 0.25) is 0 Å². The van der Waals surface area contributed by atoms with E-state index < -0.39 is 34.7 Å². The van der Waals surface area contributed by atoms with Gasteiger partial charge in [0, 0.05) is 5.92 Å². The lowest BCUT2D eigenvalue weighted by Crippen LogP contribution is -2.31. The van der Waals surface area contributed by atoms with Gasteiger partial charge in [0.2, 0.25) is 0 Å². The van der Waals surface area contributed by atoms with Crippen LogP contribution in [-0.2, 0) is 4.74 Å². The molecule has 0 unspecified atom stereocenters. The van der Waals surface area contributed by atoms with Crippen LogP contribution in [0.1, 0.15) is 27.5 Å². The van der Waals surface area contributed by atoms with Crippen molar-refractivity contribution in [3.05, 3.63) is 86.2 Å². The third-order valence-electron chi connectivity index (χ3n) is 4.73. The lowest BCUT2D eigenvalue weighted by atomic mass is 9.98. The summed E-state index contributed by atoms with van der Waals surface area (Å²) in [6.45, 7) is -0.0104. The number of aromatic nitrogens is 2. The van der Waals surface area contributed by atoms with E-state index in [1.165, 1.54) is 0 Å². The first-order valence-electron chi connectivity index (χ1n) is 8.67. The monoisotopic (exact) mass is 393 g/mol. The summed E-state index contributed by atoms with van der Waals surface area (Å²) in [6, 6.07) is 15.6. The standard InChI is InChI=1S/C20H15N3O6/c24-17-15(16(18(25)26)21-19(27)23-17)22-20(28)29-9-14-12-7-3-1-5-10(12)11-6-2-4-8-13(11)14/h1-8,14H,9H2,(H,22,28)(H,25,26)(H2,21,23,24,27). The molecule has 1 aliphatic rings. The molecule has 0 radical (unpaired) electrons. The van der Waals surface area contributed by atoms with Crippen molar-refractivity contribution in [1.82, 2.24) is 9.97 Å². The molecule has 1 aliphatic carbocycles. The second-order valence-electron chi connectivity index (χ2n) is 6.41. The summed E-state index contributed by atoms with van der Waals surface area (Å²) in [7, 11) is 0.